The minimum absolute atomic E-state index is 0.192. The molecule has 20 heavy (non-hydrogen) atoms. The average molecular weight is 276 g/mol. The van der Waals surface area contributed by atoms with Crippen LogP contribution in [0.15, 0.2) is 18.2 Å². The number of ether oxygens (including phenoxy) is 1. The Morgan fingerprint density at radius 1 is 1.30 bits per heavy atom. The van der Waals surface area contributed by atoms with E-state index in [1.165, 1.54) is 6.42 Å². The molecule has 1 aliphatic rings. The molecule has 3 heteroatoms. The van der Waals surface area contributed by atoms with Crippen molar-refractivity contribution in [3.63, 3.8) is 0 Å². The van der Waals surface area contributed by atoms with Gasteiger partial charge in [0, 0.05) is 12.6 Å². The maximum atomic E-state index is 5.90. The molecule has 0 saturated carbocycles. The van der Waals surface area contributed by atoms with Crippen molar-refractivity contribution in [1.29, 1.82) is 0 Å². The lowest BCUT2D eigenvalue weighted by atomic mass is 9.87. The first kappa shape index (κ1) is 15.0. The third-order valence-electron chi connectivity index (χ3n) is 3.40. The van der Waals surface area contributed by atoms with Crippen LogP contribution in [0, 0.1) is 5.41 Å². The summed E-state index contributed by atoms with van der Waals surface area (Å²) in [4.78, 5) is 0. The number of hydrogen-bond acceptors (Lipinski definition) is 3. The molecule has 0 radical (unpaired) electrons. The smallest absolute Gasteiger partial charge is 0.144 e. The van der Waals surface area contributed by atoms with E-state index in [9.17, 15) is 0 Å². The van der Waals surface area contributed by atoms with Gasteiger partial charge in [0.25, 0.3) is 0 Å². The fourth-order valence-corrected chi connectivity index (χ4v) is 2.74. The first-order valence-corrected chi connectivity index (χ1v) is 7.65. The highest BCUT2D eigenvalue weighted by Gasteiger charge is 2.23. The number of rotatable bonds is 3. The highest BCUT2D eigenvalue weighted by Crippen LogP contribution is 2.37. The van der Waals surface area contributed by atoms with Crippen LogP contribution >= 0.6 is 0 Å². The standard InChI is InChI=1S/C17H28N2O/c1-12(2)20-15-8-6-7-14-16(15)18-10-9-13(19-14)11-17(3,4)5/h6-8,12-13,18-19H,9-11H2,1-5H3. The molecule has 0 aliphatic carbocycles. The minimum Gasteiger partial charge on any atom is -0.489 e. The number of hydrogen-bond donors (Lipinski definition) is 2. The van der Waals surface area contributed by atoms with Crippen LogP contribution in [-0.2, 0) is 0 Å². The predicted molar refractivity (Wildman–Crippen MR) is 86.8 cm³/mol. The van der Waals surface area contributed by atoms with Gasteiger partial charge >= 0.3 is 0 Å². The largest absolute Gasteiger partial charge is 0.489 e. The molecule has 1 aromatic carbocycles. The van der Waals surface area contributed by atoms with Gasteiger partial charge in [0.15, 0.2) is 0 Å². The van der Waals surface area contributed by atoms with Crippen LogP contribution in [0.3, 0.4) is 0 Å². The predicted octanol–water partition coefficient (Wildman–Crippen LogP) is 4.51. The zero-order chi connectivity index (χ0) is 14.8. The van der Waals surface area contributed by atoms with Gasteiger partial charge in [0.1, 0.15) is 11.4 Å². The van der Waals surface area contributed by atoms with Crippen molar-refractivity contribution in [2.24, 2.45) is 5.41 Å². The molecule has 0 aromatic heterocycles. The summed E-state index contributed by atoms with van der Waals surface area (Å²) >= 11 is 0. The van der Waals surface area contributed by atoms with Crippen molar-refractivity contribution < 1.29 is 4.74 Å². The molecule has 0 fully saturated rings. The van der Waals surface area contributed by atoms with Crippen molar-refractivity contribution in [3.8, 4) is 5.75 Å². The Bertz CT molecular complexity index is 449. The fourth-order valence-electron chi connectivity index (χ4n) is 2.74. The van der Waals surface area contributed by atoms with E-state index in [0.717, 1.165) is 30.1 Å². The van der Waals surface area contributed by atoms with E-state index in [-0.39, 0.29) is 6.10 Å². The summed E-state index contributed by atoms with van der Waals surface area (Å²) in [5.41, 5.74) is 2.61. The van der Waals surface area contributed by atoms with E-state index in [1.807, 2.05) is 6.07 Å². The molecule has 0 spiro atoms. The van der Waals surface area contributed by atoms with Crippen LogP contribution in [0.5, 0.6) is 5.75 Å². The Hall–Kier alpha value is -1.38. The van der Waals surface area contributed by atoms with Crippen LogP contribution in [0.25, 0.3) is 0 Å². The second-order valence-corrected chi connectivity index (χ2v) is 7.17. The van der Waals surface area contributed by atoms with Crippen molar-refractivity contribution in [2.45, 2.75) is 59.6 Å². The van der Waals surface area contributed by atoms with Crippen LogP contribution in [0.4, 0.5) is 11.4 Å². The van der Waals surface area contributed by atoms with Gasteiger partial charge in [-0.05, 0) is 44.2 Å². The molecular weight excluding hydrogens is 248 g/mol. The molecular formula is C17H28N2O. The first-order chi connectivity index (χ1) is 9.35. The molecule has 0 amide bonds. The van der Waals surface area contributed by atoms with E-state index < -0.39 is 0 Å². The summed E-state index contributed by atoms with van der Waals surface area (Å²) in [6.07, 6.45) is 2.49. The molecule has 1 aliphatic heterocycles. The van der Waals surface area contributed by atoms with Gasteiger partial charge in [-0.25, -0.2) is 0 Å². The summed E-state index contributed by atoms with van der Waals surface area (Å²) in [5, 5.41) is 7.21. The van der Waals surface area contributed by atoms with E-state index >= 15 is 0 Å². The van der Waals surface area contributed by atoms with Gasteiger partial charge < -0.3 is 15.4 Å². The Kier molecular flexibility index (Phi) is 4.46. The topological polar surface area (TPSA) is 33.3 Å². The molecule has 0 saturated heterocycles. The van der Waals surface area contributed by atoms with Gasteiger partial charge in [-0.3, -0.25) is 0 Å². The van der Waals surface area contributed by atoms with Gasteiger partial charge in [0.05, 0.1) is 11.8 Å². The molecule has 1 heterocycles. The van der Waals surface area contributed by atoms with Crippen LogP contribution in [-0.4, -0.2) is 18.7 Å². The summed E-state index contributed by atoms with van der Waals surface area (Å²) in [5.74, 6) is 0.946. The Morgan fingerprint density at radius 3 is 2.70 bits per heavy atom. The third-order valence-corrected chi connectivity index (χ3v) is 3.40. The SMILES string of the molecule is CC(C)Oc1cccc2c1NCCC(CC(C)(C)C)N2. The van der Waals surface area contributed by atoms with E-state index in [1.54, 1.807) is 0 Å². The number of nitrogens with one attached hydrogen (secondary N) is 2. The maximum absolute atomic E-state index is 5.90. The molecule has 112 valence electrons. The van der Waals surface area contributed by atoms with E-state index in [4.69, 9.17) is 4.74 Å². The van der Waals surface area contributed by atoms with Gasteiger partial charge in [-0.15, -0.1) is 0 Å². The normalized spacial score (nSPS) is 18.8. The van der Waals surface area contributed by atoms with Gasteiger partial charge in [-0.1, -0.05) is 26.8 Å². The van der Waals surface area contributed by atoms with Crippen LogP contribution < -0.4 is 15.4 Å². The lowest BCUT2D eigenvalue weighted by molar-refractivity contribution is 0.244. The Balaban J connectivity index is 2.19. The third kappa shape index (κ3) is 4.06. The first-order valence-electron chi connectivity index (χ1n) is 7.65. The fraction of sp³-hybridized carbons (Fsp3) is 0.647. The summed E-state index contributed by atoms with van der Waals surface area (Å²) in [6.45, 7) is 12.0. The lowest BCUT2D eigenvalue weighted by Gasteiger charge is -2.26. The summed E-state index contributed by atoms with van der Waals surface area (Å²) < 4.78 is 5.90. The molecule has 3 nitrogen and oxygen atoms in total. The maximum Gasteiger partial charge on any atom is 0.144 e. The van der Waals surface area contributed by atoms with Crippen LogP contribution in [0.1, 0.15) is 47.5 Å². The molecule has 1 atom stereocenters. The quantitative estimate of drug-likeness (QED) is 0.852. The number of anilines is 2. The zero-order valence-corrected chi connectivity index (χ0v) is 13.4. The highest BCUT2D eigenvalue weighted by atomic mass is 16.5. The monoisotopic (exact) mass is 276 g/mol. The van der Waals surface area contributed by atoms with Gasteiger partial charge in [-0.2, -0.15) is 0 Å². The van der Waals surface area contributed by atoms with Crippen molar-refractivity contribution in [2.75, 3.05) is 17.2 Å². The van der Waals surface area contributed by atoms with Gasteiger partial charge in [0.2, 0.25) is 0 Å². The lowest BCUT2D eigenvalue weighted by Crippen LogP contribution is -2.25. The number of benzene rings is 1. The van der Waals surface area contributed by atoms with Crippen molar-refractivity contribution in [3.05, 3.63) is 18.2 Å². The molecule has 1 unspecified atom stereocenters. The molecule has 1 aromatic rings. The Morgan fingerprint density at radius 2 is 2.05 bits per heavy atom. The average Bonchev–Trinajstić information content (AvgIpc) is 2.48. The molecule has 2 N–H and O–H groups in total. The Labute approximate surface area is 123 Å². The molecule has 0 bridgehead atoms. The molecule has 2 rings (SSSR count). The van der Waals surface area contributed by atoms with E-state index in [0.29, 0.717) is 11.5 Å². The zero-order valence-electron chi connectivity index (χ0n) is 13.4. The van der Waals surface area contributed by atoms with Crippen LogP contribution in [0.2, 0.25) is 0 Å². The summed E-state index contributed by atoms with van der Waals surface area (Å²) in [7, 11) is 0. The number of para-hydroxylation sites is 1. The number of fused-ring (bicyclic) bond motifs is 1. The minimum atomic E-state index is 0.192. The summed E-state index contributed by atoms with van der Waals surface area (Å²) in [6, 6.07) is 6.75. The van der Waals surface area contributed by atoms with E-state index in [2.05, 4.69) is 57.4 Å². The van der Waals surface area contributed by atoms with Crippen molar-refractivity contribution in [1.82, 2.24) is 0 Å². The highest BCUT2D eigenvalue weighted by molar-refractivity contribution is 5.76. The second-order valence-electron chi connectivity index (χ2n) is 7.17. The van der Waals surface area contributed by atoms with Crippen molar-refractivity contribution >= 4 is 11.4 Å². The second kappa shape index (κ2) is 5.94.